The highest BCUT2D eigenvalue weighted by atomic mass is 127. The smallest absolute Gasteiger partial charge is 0.191 e. The number of guanidine groups is 1. The number of methoxy groups -OCH3 is 1. The van der Waals surface area contributed by atoms with E-state index in [2.05, 4.69) is 70.0 Å². The van der Waals surface area contributed by atoms with Gasteiger partial charge in [0.1, 0.15) is 5.75 Å². The largest absolute Gasteiger partial charge is 0.493 e. The monoisotopic (exact) mass is 536 g/mol. The number of nitrogens with zero attached hydrogens (tertiary/aromatic N) is 1. The Morgan fingerprint density at radius 3 is 2.68 bits per heavy atom. The number of ether oxygens (including phenoxy) is 2. The molecule has 0 aliphatic rings. The van der Waals surface area contributed by atoms with Crippen molar-refractivity contribution >= 4 is 40.8 Å². The van der Waals surface area contributed by atoms with Gasteiger partial charge in [-0.15, -0.1) is 24.0 Å². The number of para-hydroxylation sites is 1. The van der Waals surface area contributed by atoms with Gasteiger partial charge in [-0.2, -0.15) is 0 Å². The van der Waals surface area contributed by atoms with E-state index in [9.17, 15) is 0 Å². The fourth-order valence-corrected chi connectivity index (χ4v) is 3.31. The first-order valence-corrected chi connectivity index (χ1v) is 10.4. The highest BCUT2D eigenvalue weighted by Gasteiger charge is 2.07. The van der Waals surface area contributed by atoms with Crippen molar-refractivity contribution in [3.63, 3.8) is 0 Å². The highest BCUT2D eigenvalue weighted by molar-refractivity contribution is 14.0. The third kappa shape index (κ3) is 7.74. The normalized spacial score (nSPS) is 11.3. The summed E-state index contributed by atoms with van der Waals surface area (Å²) in [6, 6.07) is 16.8. The zero-order chi connectivity index (χ0) is 21.2. The zero-order valence-electron chi connectivity index (χ0n) is 18.5. The van der Waals surface area contributed by atoms with Crippen molar-refractivity contribution in [2.45, 2.75) is 26.3 Å². The summed E-state index contributed by atoms with van der Waals surface area (Å²) in [6.45, 7) is 4.85. The van der Waals surface area contributed by atoms with Crippen molar-refractivity contribution in [3.8, 4) is 5.75 Å². The van der Waals surface area contributed by atoms with E-state index >= 15 is 0 Å². The molecule has 7 heteroatoms. The first-order valence-electron chi connectivity index (χ1n) is 10.4. The highest BCUT2D eigenvalue weighted by Crippen LogP contribution is 2.20. The van der Waals surface area contributed by atoms with Crippen LogP contribution in [0, 0.1) is 6.92 Å². The number of benzene rings is 2. The predicted molar refractivity (Wildman–Crippen MR) is 139 cm³/mol. The van der Waals surface area contributed by atoms with Gasteiger partial charge in [0.2, 0.25) is 0 Å². The van der Waals surface area contributed by atoms with E-state index in [1.54, 1.807) is 14.2 Å². The van der Waals surface area contributed by atoms with E-state index in [0.29, 0.717) is 19.8 Å². The molecule has 0 atom stereocenters. The van der Waals surface area contributed by atoms with Crippen LogP contribution < -0.4 is 15.4 Å². The third-order valence-corrected chi connectivity index (χ3v) is 4.92. The fourth-order valence-electron chi connectivity index (χ4n) is 3.31. The predicted octanol–water partition coefficient (Wildman–Crippen LogP) is 4.42. The summed E-state index contributed by atoms with van der Waals surface area (Å²) in [6.07, 6.45) is 1.77. The SMILES string of the molecule is CN=C(NCCc1cc2ccccc2[nH]1)NCc1ccc(C)cc1OCCCOC.I. The Morgan fingerprint density at radius 2 is 1.90 bits per heavy atom. The molecule has 6 nitrogen and oxygen atoms in total. The summed E-state index contributed by atoms with van der Waals surface area (Å²) in [7, 11) is 3.49. The van der Waals surface area contributed by atoms with Gasteiger partial charge in [-0.25, -0.2) is 0 Å². The summed E-state index contributed by atoms with van der Waals surface area (Å²) in [5.74, 6) is 1.68. The Balaban J connectivity index is 0.00000341. The van der Waals surface area contributed by atoms with Crippen LogP contribution in [-0.2, 0) is 17.7 Å². The number of fused-ring (bicyclic) bond motifs is 1. The van der Waals surface area contributed by atoms with Crippen LogP contribution in [0.5, 0.6) is 5.75 Å². The van der Waals surface area contributed by atoms with Crippen molar-refractivity contribution in [2.75, 3.05) is 33.9 Å². The molecule has 2 aromatic carbocycles. The lowest BCUT2D eigenvalue weighted by molar-refractivity contribution is 0.172. The Hall–Kier alpha value is -2.26. The maximum absolute atomic E-state index is 5.97. The number of hydrogen-bond acceptors (Lipinski definition) is 3. The van der Waals surface area contributed by atoms with Crippen LogP contribution in [0.25, 0.3) is 10.9 Å². The van der Waals surface area contributed by atoms with Gasteiger partial charge in [0.25, 0.3) is 0 Å². The number of H-pyrrole nitrogens is 1. The summed E-state index contributed by atoms with van der Waals surface area (Å²) in [4.78, 5) is 7.80. The van der Waals surface area contributed by atoms with Crippen LogP contribution in [0.3, 0.4) is 0 Å². The molecule has 3 rings (SSSR count). The van der Waals surface area contributed by atoms with E-state index in [0.717, 1.165) is 36.7 Å². The van der Waals surface area contributed by atoms with Crippen molar-refractivity contribution in [3.05, 3.63) is 65.4 Å². The van der Waals surface area contributed by atoms with Gasteiger partial charge in [-0.05, 0) is 36.1 Å². The molecule has 0 saturated carbocycles. The number of aromatic nitrogens is 1. The molecule has 0 aliphatic carbocycles. The Labute approximate surface area is 201 Å². The Kier molecular flexibility index (Phi) is 10.7. The van der Waals surface area contributed by atoms with Crippen molar-refractivity contribution in [1.82, 2.24) is 15.6 Å². The molecule has 0 bridgehead atoms. The number of nitrogens with one attached hydrogen (secondary N) is 3. The average molecular weight is 536 g/mol. The molecule has 0 unspecified atom stereocenters. The number of aliphatic imine (C=N–C) groups is 1. The van der Waals surface area contributed by atoms with Crippen molar-refractivity contribution in [2.24, 2.45) is 4.99 Å². The summed E-state index contributed by atoms with van der Waals surface area (Å²) in [5, 5.41) is 8.01. The fraction of sp³-hybridized carbons (Fsp3) is 0.375. The number of hydrogen-bond donors (Lipinski definition) is 3. The first-order chi connectivity index (χ1) is 14.7. The minimum absolute atomic E-state index is 0. The molecule has 3 aromatic rings. The maximum Gasteiger partial charge on any atom is 0.191 e. The van der Waals surface area contributed by atoms with Gasteiger partial charge >= 0.3 is 0 Å². The number of halogens is 1. The molecule has 3 N–H and O–H groups in total. The maximum atomic E-state index is 5.97. The standard InChI is InChI=1S/C24H32N4O2.HI/c1-18-9-10-20(23(15-18)30-14-6-13-29-3)17-27-24(25-2)26-12-11-21-16-19-7-4-5-8-22(19)28-21;/h4-5,7-10,15-16,28H,6,11-14,17H2,1-3H3,(H2,25,26,27);1H. The molecule has 31 heavy (non-hydrogen) atoms. The first kappa shape index (κ1) is 25.0. The lowest BCUT2D eigenvalue weighted by atomic mass is 10.1. The van der Waals surface area contributed by atoms with Crippen LogP contribution in [-0.4, -0.2) is 44.9 Å². The van der Waals surface area contributed by atoms with Gasteiger partial charge in [0, 0.05) is 63.5 Å². The zero-order valence-corrected chi connectivity index (χ0v) is 20.9. The molecular formula is C24H33IN4O2. The number of aryl methyl sites for hydroxylation is 1. The molecule has 1 heterocycles. The molecule has 0 amide bonds. The minimum atomic E-state index is 0. The molecular weight excluding hydrogens is 503 g/mol. The van der Waals surface area contributed by atoms with Crippen molar-refractivity contribution in [1.29, 1.82) is 0 Å². The van der Waals surface area contributed by atoms with Gasteiger partial charge < -0.3 is 25.1 Å². The van der Waals surface area contributed by atoms with E-state index in [1.165, 1.54) is 22.2 Å². The third-order valence-electron chi connectivity index (χ3n) is 4.92. The topological polar surface area (TPSA) is 70.7 Å². The van der Waals surface area contributed by atoms with Crippen LogP contribution in [0.15, 0.2) is 53.5 Å². The molecule has 0 spiro atoms. The molecule has 0 aliphatic heterocycles. The number of aromatic amines is 1. The van der Waals surface area contributed by atoms with Gasteiger partial charge in [0.15, 0.2) is 5.96 Å². The quantitative estimate of drug-likeness (QED) is 0.155. The molecule has 0 radical (unpaired) electrons. The summed E-state index contributed by atoms with van der Waals surface area (Å²) >= 11 is 0. The molecule has 168 valence electrons. The van der Waals surface area contributed by atoms with Crippen LogP contribution in [0.2, 0.25) is 0 Å². The minimum Gasteiger partial charge on any atom is -0.493 e. The lowest BCUT2D eigenvalue weighted by Gasteiger charge is -2.15. The Bertz CT molecular complexity index is 938. The average Bonchev–Trinajstić information content (AvgIpc) is 3.17. The van der Waals surface area contributed by atoms with Crippen LogP contribution >= 0.6 is 24.0 Å². The van der Waals surface area contributed by atoms with Gasteiger partial charge in [0.05, 0.1) is 6.61 Å². The molecule has 0 fully saturated rings. The van der Waals surface area contributed by atoms with E-state index in [-0.39, 0.29) is 24.0 Å². The summed E-state index contributed by atoms with van der Waals surface area (Å²) in [5.41, 5.74) is 4.68. The lowest BCUT2D eigenvalue weighted by Crippen LogP contribution is -2.38. The second kappa shape index (κ2) is 13.2. The molecule has 1 aromatic heterocycles. The van der Waals surface area contributed by atoms with Gasteiger partial charge in [-0.3, -0.25) is 4.99 Å². The number of rotatable bonds is 10. The van der Waals surface area contributed by atoms with Gasteiger partial charge in [-0.1, -0.05) is 30.3 Å². The van der Waals surface area contributed by atoms with Crippen molar-refractivity contribution < 1.29 is 9.47 Å². The van der Waals surface area contributed by atoms with E-state index in [4.69, 9.17) is 9.47 Å². The second-order valence-electron chi connectivity index (χ2n) is 7.29. The van der Waals surface area contributed by atoms with E-state index < -0.39 is 0 Å². The van der Waals surface area contributed by atoms with Crippen LogP contribution in [0.1, 0.15) is 23.2 Å². The van der Waals surface area contributed by atoms with Crippen LogP contribution in [0.4, 0.5) is 0 Å². The molecule has 0 saturated heterocycles. The Morgan fingerprint density at radius 1 is 1.06 bits per heavy atom. The second-order valence-corrected chi connectivity index (χ2v) is 7.29. The van der Waals surface area contributed by atoms with E-state index in [1.807, 2.05) is 6.07 Å². The summed E-state index contributed by atoms with van der Waals surface area (Å²) < 4.78 is 11.1.